The summed E-state index contributed by atoms with van der Waals surface area (Å²) in [7, 11) is 0. The number of benzene rings is 1. The van der Waals surface area contributed by atoms with Crippen molar-refractivity contribution in [3.05, 3.63) is 65.5 Å². The topological polar surface area (TPSA) is 34.6 Å². The van der Waals surface area contributed by atoms with Crippen LogP contribution in [0.2, 0.25) is 0 Å². The summed E-state index contributed by atoms with van der Waals surface area (Å²) in [6.07, 6.45) is 7.10. The van der Waals surface area contributed by atoms with Gasteiger partial charge in [0.1, 0.15) is 0 Å². The van der Waals surface area contributed by atoms with Crippen LogP contribution >= 0.6 is 0 Å². The van der Waals surface area contributed by atoms with Crippen molar-refractivity contribution in [3.63, 3.8) is 0 Å². The molecule has 2 aromatic rings. The van der Waals surface area contributed by atoms with Crippen LogP contribution in [0.5, 0.6) is 0 Å². The van der Waals surface area contributed by atoms with E-state index in [1.165, 1.54) is 11.1 Å². The molecule has 0 aliphatic carbocycles. The Balaban J connectivity index is 1.26. The summed E-state index contributed by atoms with van der Waals surface area (Å²) in [6, 6.07) is 12.7. The summed E-state index contributed by atoms with van der Waals surface area (Å²) in [4.78, 5) is 6.70. The minimum Gasteiger partial charge on any atom is -0.372 e. The van der Waals surface area contributed by atoms with Crippen LogP contribution in [0.4, 0.5) is 0 Å². The molecule has 2 fully saturated rings. The Morgan fingerprint density at radius 3 is 2.81 bits per heavy atom. The van der Waals surface area contributed by atoms with Crippen molar-refractivity contribution in [3.8, 4) is 0 Å². The largest absolute Gasteiger partial charge is 0.372 e. The maximum absolute atomic E-state index is 6.24. The van der Waals surface area contributed by atoms with Gasteiger partial charge in [-0.3, -0.25) is 9.88 Å². The highest BCUT2D eigenvalue weighted by Crippen LogP contribution is 2.37. The second-order valence-electron chi connectivity index (χ2n) is 7.70. The summed E-state index contributed by atoms with van der Waals surface area (Å²) in [5.41, 5.74) is 3.98. The minimum atomic E-state index is 0.0296. The maximum atomic E-state index is 6.24. The summed E-state index contributed by atoms with van der Waals surface area (Å²) in [5, 5.41) is 0. The first-order valence-corrected chi connectivity index (χ1v) is 9.64. The van der Waals surface area contributed by atoms with E-state index in [0.29, 0.717) is 6.61 Å². The van der Waals surface area contributed by atoms with Crippen LogP contribution in [0.15, 0.2) is 48.8 Å². The number of nitrogens with zero attached hydrogens (tertiary/aromatic N) is 2. The molecule has 4 rings (SSSR count). The molecular weight excluding hydrogens is 324 g/mol. The zero-order valence-electron chi connectivity index (χ0n) is 15.6. The Morgan fingerprint density at radius 1 is 1.19 bits per heavy atom. The Morgan fingerprint density at radius 2 is 2.04 bits per heavy atom. The Kier molecular flexibility index (Phi) is 5.34. The zero-order chi connectivity index (χ0) is 17.8. The normalized spacial score (nSPS) is 22.7. The van der Waals surface area contributed by atoms with E-state index in [9.17, 15) is 0 Å². The number of aromatic nitrogens is 1. The average molecular weight is 352 g/mol. The number of ether oxygens (including phenoxy) is 2. The highest BCUT2D eigenvalue weighted by Gasteiger charge is 2.43. The third kappa shape index (κ3) is 4.14. The van der Waals surface area contributed by atoms with Crippen molar-refractivity contribution in [1.29, 1.82) is 0 Å². The lowest BCUT2D eigenvalue weighted by molar-refractivity contribution is -0.0468. The molecule has 1 atom stereocenters. The number of hydrogen-bond acceptors (Lipinski definition) is 4. The SMILES string of the molecule is Cc1ccccc1CN1CCC2(CC1)C[C@@H](OCc1cccnc1)CO2. The van der Waals surface area contributed by atoms with Crippen molar-refractivity contribution >= 4 is 0 Å². The molecular formula is C22H28N2O2. The molecule has 0 unspecified atom stereocenters. The molecule has 4 nitrogen and oxygen atoms in total. The van der Waals surface area contributed by atoms with E-state index in [-0.39, 0.29) is 11.7 Å². The number of hydrogen-bond donors (Lipinski definition) is 0. The number of rotatable bonds is 5. The molecule has 138 valence electrons. The van der Waals surface area contributed by atoms with Crippen LogP contribution < -0.4 is 0 Å². The van der Waals surface area contributed by atoms with Crippen LogP contribution in [0, 0.1) is 6.92 Å². The van der Waals surface area contributed by atoms with Gasteiger partial charge in [-0.05, 0) is 42.5 Å². The molecule has 2 aliphatic rings. The van der Waals surface area contributed by atoms with E-state index in [1.54, 1.807) is 6.20 Å². The van der Waals surface area contributed by atoms with Crippen molar-refractivity contribution in [1.82, 2.24) is 9.88 Å². The fraction of sp³-hybridized carbons (Fsp3) is 0.500. The van der Waals surface area contributed by atoms with Crippen LogP contribution in [0.1, 0.15) is 36.0 Å². The Hall–Kier alpha value is -1.75. The van der Waals surface area contributed by atoms with Crippen LogP contribution in [0.25, 0.3) is 0 Å². The molecule has 1 aromatic carbocycles. The molecule has 1 spiro atoms. The van der Waals surface area contributed by atoms with Gasteiger partial charge >= 0.3 is 0 Å². The zero-order valence-corrected chi connectivity index (χ0v) is 15.6. The monoisotopic (exact) mass is 352 g/mol. The smallest absolute Gasteiger partial charge is 0.0840 e. The molecule has 0 amide bonds. The Bertz CT molecular complexity index is 711. The lowest BCUT2D eigenvalue weighted by Crippen LogP contribution is -2.44. The molecule has 0 saturated carbocycles. The number of pyridine rings is 1. The van der Waals surface area contributed by atoms with E-state index in [2.05, 4.69) is 47.1 Å². The fourth-order valence-corrected chi connectivity index (χ4v) is 4.10. The highest BCUT2D eigenvalue weighted by molar-refractivity contribution is 5.25. The highest BCUT2D eigenvalue weighted by atomic mass is 16.6. The predicted molar refractivity (Wildman–Crippen MR) is 102 cm³/mol. The lowest BCUT2D eigenvalue weighted by atomic mass is 9.87. The van der Waals surface area contributed by atoms with Gasteiger partial charge in [-0.25, -0.2) is 0 Å². The second kappa shape index (κ2) is 7.87. The van der Waals surface area contributed by atoms with Crippen molar-refractivity contribution in [2.75, 3.05) is 19.7 Å². The molecule has 3 heterocycles. The predicted octanol–water partition coefficient (Wildman–Crippen LogP) is 3.73. The lowest BCUT2D eigenvalue weighted by Gasteiger charge is -2.38. The Labute approximate surface area is 156 Å². The van der Waals surface area contributed by atoms with E-state index in [1.807, 2.05) is 12.3 Å². The van der Waals surface area contributed by atoms with Crippen molar-refractivity contribution in [2.45, 2.75) is 51.0 Å². The first kappa shape index (κ1) is 17.7. The molecule has 0 radical (unpaired) electrons. The van der Waals surface area contributed by atoms with Gasteiger partial charge < -0.3 is 9.47 Å². The summed E-state index contributed by atoms with van der Waals surface area (Å²) < 4.78 is 12.3. The van der Waals surface area contributed by atoms with Gasteiger partial charge in [-0.15, -0.1) is 0 Å². The van der Waals surface area contributed by atoms with Crippen LogP contribution in [-0.2, 0) is 22.6 Å². The van der Waals surface area contributed by atoms with Gasteiger partial charge in [0.15, 0.2) is 0 Å². The number of likely N-dealkylation sites (tertiary alicyclic amines) is 1. The van der Waals surface area contributed by atoms with Crippen LogP contribution in [0.3, 0.4) is 0 Å². The fourth-order valence-electron chi connectivity index (χ4n) is 4.10. The molecule has 2 aliphatic heterocycles. The van der Waals surface area contributed by atoms with E-state index < -0.39 is 0 Å². The van der Waals surface area contributed by atoms with Crippen molar-refractivity contribution in [2.24, 2.45) is 0 Å². The molecule has 0 bridgehead atoms. The van der Waals surface area contributed by atoms with E-state index in [4.69, 9.17) is 9.47 Å². The quantitative estimate of drug-likeness (QED) is 0.821. The van der Waals surface area contributed by atoms with E-state index in [0.717, 1.165) is 51.1 Å². The van der Waals surface area contributed by atoms with Gasteiger partial charge in [0.25, 0.3) is 0 Å². The molecule has 0 N–H and O–H groups in total. The van der Waals surface area contributed by atoms with Crippen LogP contribution in [-0.4, -0.2) is 41.3 Å². The maximum Gasteiger partial charge on any atom is 0.0840 e. The average Bonchev–Trinajstić information content (AvgIpc) is 3.08. The van der Waals surface area contributed by atoms with Gasteiger partial charge in [-0.1, -0.05) is 30.3 Å². The number of piperidine rings is 1. The molecule has 4 heteroatoms. The molecule has 26 heavy (non-hydrogen) atoms. The molecule has 1 aromatic heterocycles. The second-order valence-corrected chi connectivity index (χ2v) is 7.70. The molecule has 2 saturated heterocycles. The van der Waals surface area contributed by atoms with Crippen molar-refractivity contribution < 1.29 is 9.47 Å². The van der Waals surface area contributed by atoms with Gasteiger partial charge in [0, 0.05) is 38.4 Å². The first-order chi connectivity index (χ1) is 12.7. The third-order valence-corrected chi connectivity index (χ3v) is 5.81. The summed E-state index contributed by atoms with van der Waals surface area (Å²) >= 11 is 0. The van der Waals surface area contributed by atoms with Gasteiger partial charge in [0.05, 0.1) is 24.9 Å². The standard InChI is InChI=1S/C22H28N2O2/c1-18-5-2-3-7-20(18)15-24-11-8-22(9-12-24)13-21(17-26-22)25-16-19-6-4-10-23-14-19/h2-7,10,14,21H,8-9,11-13,15-17H2,1H3/t21-/m1/s1. The number of aryl methyl sites for hydroxylation is 1. The summed E-state index contributed by atoms with van der Waals surface area (Å²) in [5.74, 6) is 0. The minimum absolute atomic E-state index is 0.0296. The van der Waals surface area contributed by atoms with Gasteiger partial charge in [0.2, 0.25) is 0 Å². The summed E-state index contributed by atoms with van der Waals surface area (Å²) in [6.45, 7) is 6.79. The first-order valence-electron chi connectivity index (χ1n) is 9.64. The van der Waals surface area contributed by atoms with Gasteiger partial charge in [-0.2, -0.15) is 0 Å². The van der Waals surface area contributed by atoms with E-state index >= 15 is 0 Å². The third-order valence-electron chi connectivity index (χ3n) is 5.81.